The maximum Gasteiger partial charge on any atom is 0.317 e. The SMILES string of the molecule is C=C1C=CC(c2nc(C(F)(F)c3cnc(CO)nc3)ccc2OC)=CC1=N.CS. The van der Waals surface area contributed by atoms with Crippen molar-refractivity contribution in [1.82, 2.24) is 15.0 Å². The number of ether oxygens (including phenoxy) is 1. The third-order valence-corrected chi connectivity index (χ3v) is 3.99. The molecule has 152 valence electrons. The number of alkyl halides is 2. The topological polar surface area (TPSA) is 92.0 Å². The zero-order valence-corrected chi connectivity index (χ0v) is 16.8. The minimum Gasteiger partial charge on any atom is -0.494 e. The highest BCUT2D eigenvalue weighted by Gasteiger charge is 2.37. The zero-order chi connectivity index (χ0) is 21.6. The number of aromatic nitrogens is 3. The zero-order valence-electron chi connectivity index (χ0n) is 15.9. The van der Waals surface area contributed by atoms with Crippen molar-refractivity contribution in [1.29, 1.82) is 5.41 Å². The number of allylic oxidation sites excluding steroid dienone is 5. The van der Waals surface area contributed by atoms with Crippen molar-refractivity contribution in [3.8, 4) is 5.75 Å². The summed E-state index contributed by atoms with van der Waals surface area (Å²) in [6, 6.07) is 2.57. The summed E-state index contributed by atoms with van der Waals surface area (Å²) >= 11 is 3.53. The van der Waals surface area contributed by atoms with Gasteiger partial charge in [-0.1, -0.05) is 18.7 Å². The van der Waals surface area contributed by atoms with Crippen molar-refractivity contribution in [3.63, 3.8) is 0 Å². The van der Waals surface area contributed by atoms with Gasteiger partial charge in [0.05, 0.1) is 18.4 Å². The molecule has 0 saturated heterocycles. The van der Waals surface area contributed by atoms with E-state index in [0.717, 1.165) is 12.4 Å². The number of aliphatic hydroxyl groups is 1. The molecule has 2 heterocycles. The number of nitrogens with zero attached hydrogens (tertiary/aromatic N) is 3. The Morgan fingerprint density at radius 1 is 1.21 bits per heavy atom. The van der Waals surface area contributed by atoms with E-state index >= 15 is 0 Å². The number of hydrogen-bond acceptors (Lipinski definition) is 7. The molecule has 0 saturated carbocycles. The highest BCUT2D eigenvalue weighted by atomic mass is 32.1. The number of methoxy groups -OCH3 is 1. The monoisotopic (exact) mass is 418 g/mol. The molecule has 0 atom stereocenters. The maximum atomic E-state index is 14.9. The highest BCUT2D eigenvalue weighted by molar-refractivity contribution is 7.79. The first kappa shape index (κ1) is 22.4. The molecule has 0 spiro atoms. The van der Waals surface area contributed by atoms with Crippen LogP contribution in [0.4, 0.5) is 8.78 Å². The molecule has 0 bridgehead atoms. The average molecular weight is 418 g/mol. The Balaban J connectivity index is 0.00000145. The van der Waals surface area contributed by atoms with E-state index in [0.29, 0.717) is 16.9 Å². The van der Waals surface area contributed by atoms with E-state index < -0.39 is 23.8 Å². The van der Waals surface area contributed by atoms with E-state index in [1.807, 2.05) is 0 Å². The second-order valence-electron chi connectivity index (χ2n) is 5.74. The molecule has 1 aliphatic rings. The second kappa shape index (κ2) is 9.53. The Morgan fingerprint density at radius 3 is 2.41 bits per heavy atom. The molecular formula is C20H20F2N4O2S. The summed E-state index contributed by atoms with van der Waals surface area (Å²) in [7, 11) is 1.41. The van der Waals surface area contributed by atoms with Crippen LogP contribution in [-0.4, -0.2) is 39.1 Å². The van der Waals surface area contributed by atoms with E-state index in [-0.39, 0.29) is 17.2 Å². The normalized spacial score (nSPS) is 13.5. The minimum absolute atomic E-state index is 0.0502. The fourth-order valence-corrected chi connectivity index (χ4v) is 2.46. The van der Waals surface area contributed by atoms with E-state index in [1.165, 1.54) is 25.3 Å². The van der Waals surface area contributed by atoms with Crippen LogP contribution in [0.3, 0.4) is 0 Å². The molecule has 9 heteroatoms. The summed E-state index contributed by atoms with van der Waals surface area (Å²) in [6.45, 7) is 3.28. The van der Waals surface area contributed by atoms with Crippen molar-refractivity contribution < 1.29 is 18.6 Å². The number of hydrogen-bond donors (Lipinski definition) is 3. The molecule has 2 N–H and O–H groups in total. The van der Waals surface area contributed by atoms with Gasteiger partial charge in [0.1, 0.15) is 23.7 Å². The lowest BCUT2D eigenvalue weighted by atomic mass is 9.98. The Labute approximate surface area is 172 Å². The van der Waals surface area contributed by atoms with E-state index in [2.05, 4.69) is 34.2 Å². The van der Waals surface area contributed by atoms with E-state index in [4.69, 9.17) is 15.3 Å². The molecule has 2 aromatic rings. The van der Waals surface area contributed by atoms with Crippen molar-refractivity contribution >= 4 is 23.9 Å². The van der Waals surface area contributed by atoms with Gasteiger partial charge in [-0.05, 0) is 30.0 Å². The van der Waals surface area contributed by atoms with Gasteiger partial charge in [0.25, 0.3) is 0 Å². The van der Waals surface area contributed by atoms with Crippen LogP contribution in [0, 0.1) is 5.41 Å². The number of rotatable bonds is 5. The lowest BCUT2D eigenvalue weighted by molar-refractivity contribution is 0.0369. The summed E-state index contributed by atoms with van der Waals surface area (Å²) in [6.07, 6.45) is 8.37. The third kappa shape index (κ3) is 4.75. The summed E-state index contributed by atoms with van der Waals surface area (Å²) < 4.78 is 35.0. The van der Waals surface area contributed by atoms with Crippen LogP contribution in [0.1, 0.15) is 22.8 Å². The molecule has 0 fully saturated rings. The van der Waals surface area contributed by atoms with Gasteiger partial charge in [-0.25, -0.2) is 15.0 Å². The molecule has 2 aromatic heterocycles. The first-order chi connectivity index (χ1) is 13.9. The number of aliphatic hydroxyl groups excluding tert-OH is 1. The predicted molar refractivity (Wildman–Crippen MR) is 111 cm³/mol. The number of halogens is 2. The molecule has 3 rings (SSSR count). The predicted octanol–water partition coefficient (Wildman–Crippen LogP) is 3.59. The molecule has 1 aliphatic carbocycles. The second-order valence-corrected chi connectivity index (χ2v) is 5.74. The standard InChI is InChI=1S/C19H16F2N4O2.CH4S/c1-11-3-4-12(7-14(11)22)18-15(27-2)5-6-16(25-18)19(20,21)13-8-23-17(10-26)24-9-13;1-2/h3-9,22,26H,1,10H2,2H3;2H,1H3. The first-order valence-electron chi connectivity index (χ1n) is 8.35. The minimum atomic E-state index is -3.45. The summed E-state index contributed by atoms with van der Waals surface area (Å²) in [4.78, 5) is 11.5. The Bertz CT molecular complexity index is 973. The van der Waals surface area contributed by atoms with Gasteiger partial charge in [0.2, 0.25) is 0 Å². The van der Waals surface area contributed by atoms with Crippen LogP contribution in [-0.2, 0) is 12.5 Å². The number of pyridine rings is 1. The molecule has 0 radical (unpaired) electrons. The number of nitrogens with one attached hydrogen (secondary N) is 1. The van der Waals surface area contributed by atoms with Crippen LogP contribution in [0.5, 0.6) is 5.75 Å². The van der Waals surface area contributed by atoms with Crippen LogP contribution < -0.4 is 4.74 Å². The van der Waals surface area contributed by atoms with Gasteiger partial charge < -0.3 is 15.3 Å². The van der Waals surface area contributed by atoms with Gasteiger partial charge in [-0.3, -0.25) is 0 Å². The summed E-state index contributed by atoms with van der Waals surface area (Å²) in [5.41, 5.74) is 0.383. The lowest BCUT2D eigenvalue weighted by Crippen LogP contribution is -2.19. The average Bonchev–Trinajstić information content (AvgIpc) is 2.76. The summed E-state index contributed by atoms with van der Waals surface area (Å²) in [5, 5.41) is 16.8. The molecule has 29 heavy (non-hydrogen) atoms. The smallest absolute Gasteiger partial charge is 0.317 e. The third-order valence-electron chi connectivity index (χ3n) is 3.99. The van der Waals surface area contributed by atoms with Gasteiger partial charge >= 0.3 is 5.92 Å². The molecule has 0 unspecified atom stereocenters. The maximum absolute atomic E-state index is 14.9. The molecular weight excluding hydrogens is 398 g/mol. The fraction of sp³-hybridized carbons (Fsp3) is 0.200. The van der Waals surface area contributed by atoms with Gasteiger partial charge in [-0.2, -0.15) is 21.4 Å². The van der Waals surface area contributed by atoms with Gasteiger partial charge in [0, 0.05) is 18.0 Å². The molecule has 6 nitrogen and oxygen atoms in total. The van der Waals surface area contributed by atoms with Crippen LogP contribution in [0.15, 0.2) is 54.9 Å². The lowest BCUT2D eigenvalue weighted by Gasteiger charge is -2.19. The Morgan fingerprint density at radius 2 is 1.86 bits per heavy atom. The van der Waals surface area contributed by atoms with E-state index in [1.54, 1.807) is 18.4 Å². The Hall–Kier alpha value is -2.91. The quantitative estimate of drug-likeness (QED) is 0.646. The van der Waals surface area contributed by atoms with Crippen molar-refractivity contribution in [2.24, 2.45) is 0 Å². The van der Waals surface area contributed by atoms with Gasteiger partial charge in [-0.15, -0.1) is 0 Å². The van der Waals surface area contributed by atoms with Crippen molar-refractivity contribution in [3.05, 3.63) is 77.7 Å². The first-order valence-corrected chi connectivity index (χ1v) is 9.24. The Kier molecular flexibility index (Phi) is 7.35. The van der Waals surface area contributed by atoms with Crippen LogP contribution in [0.25, 0.3) is 5.57 Å². The highest BCUT2D eigenvalue weighted by Crippen LogP contribution is 2.37. The van der Waals surface area contributed by atoms with Gasteiger partial charge in [0.15, 0.2) is 5.82 Å². The molecule has 0 aliphatic heterocycles. The number of thiol groups is 1. The molecule has 0 aromatic carbocycles. The molecule has 0 amide bonds. The van der Waals surface area contributed by atoms with Crippen LogP contribution in [0.2, 0.25) is 0 Å². The largest absolute Gasteiger partial charge is 0.494 e. The fourth-order valence-electron chi connectivity index (χ4n) is 2.46. The van der Waals surface area contributed by atoms with Crippen molar-refractivity contribution in [2.45, 2.75) is 12.5 Å². The van der Waals surface area contributed by atoms with Crippen LogP contribution >= 0.6 is 12.6 Å². The van der Waals surface area contributed by atoms with Crippen molar-refractivity contribution in [2.75, 3.05) is 13.4 Å². The summed E-state index contributed by atoms with van der Waals surface area (Å²) in [5.74, 6) is -3.10. The van der Waals surface area contributed by atoms with E-state index in [9.17, 15) is 8.78 Å².